The van der Waals surface area contributed by atoms with E-state index in [-0.39, 0.29) is 5.78 Å². The minimum atomic E-state index is 0.152. The first-order valence-corrected chi connectivity index (χ1v) is 3.58. The molecule has 0 saturated heterocycles. The molecule has 0 unspecified atom stereocenters. The van der Waals surface area contributed by atoms with Crippen molar-refractivity contribution in [2.24, 2.45) is 7.05 Å². The molecule has 0 aliphatic heterocycles. The summed E-state index contributed by atoms with van der Waals surface area (Å²) in [6.07, 6.45) is 2.35. The first-order valence-electron chi connectivity index (χ1n) is 3.58. The highest BCUT2D eigenvalue weighted by atomic mass is 16.1. The number of ketones is 1. The van der Waals surface area contributed by atoms with Crippen LogP contribution in [0.25, 0.3) is 0 Å². The van der Waals surface area contributed by atoms with Crippen LogP contribution in [0.5, 0.6) is 0 Å². The second-order valence-electron chi connectivity index (χ2n) is 2.79. The normalized spacial score (nSPS) is 10.1. The van der Waals surface area contributed by atoms with Gasteiger partial charge in [0.15, 0.2) is 0 Å². The average Bonchev–Trinajstić information content (AvgIpc) is 2.09. The molecule has 0 radical (unpaired) electrons. The van der Waals surface area contributed by atoms with Crippen LogP contribution < -0.4 is 0 Å². The minimum absolute atomic E-state index is 0.152. The quantitative estimate of drug-likeness (QED) is 0.630. The highest BCUT2D eigenvalue weighted by Crippen LogP contribution is 2.00. The fourth-order valence-corrected chi connectivity index (χ4v) is 1.05. The SMILES string of the molecule is CC(=O)Cc1nc(C)cn1C. The number of rotatable bonds is 2. The summed E-state index contributed by atoms with van der Waals surface area (Å²) in [5.41, 5.74) is 0.962. The van der Waals surface area contributed by atoms with Crippen molar-refractivity contribution in [3.63, 3.8) is 0 Å². The third kappa shape index (κ3) is 1.90. The van der Waals surface area contributed by atoms with Crippen LogP contribution in [-0.2, 0) is 18.3 Å². The van der Waals surface area contributed by atoms with E-state index in [1.54, 1.807) is 6.92 Å². The smallest absolute Gasteiger partial charge is 0.137 e. The van der Waals surface area contributed by atoms with Gasteiger partial charge in [0.25, 0.3) is 0 Å². The van der Waals surface area contributed by atoms with E-state index < -0.39 is 0 Å². The number of carbonyl (C=O) groups is 1. The van der Waals surface area contributed by atoms with Crippen LogP contribution in [0.3, 0.4) is 0 Å². The Kier molecular flexibility index (Phi) is 2.08. The maximum absolute atomic E-state index is 10.7. The van der Waals surface area contributed by atoms with Crippen molar-refractivity contribution in [2.45, 2.75) is 20.3 Å². The molecule has 0 N–H and O–H groups in total. The number of imidazole rings is 1. The van der Waals surface area contributed by atoms with E-state index in [0.717, 1.165) is 11.5 Å². The largest absolute Gasteiger partial charge is 0.337 e. The minimum Gasteiger partial charge on any atom is -0.337 e. The first kappa shape index (κ1) is 7.98. The Morgan fingerprint density at radius 1 is 1.73 bits per heavy atom. The molecule has 3 heteroatoms. The van der Waals surface area contributed by atoms with Gasteiger partial charge in [-0.25, -0.2) is 4.98 Å². The van der Waals surface area contributed by atoms with Crippen molar-refractivity contribution in [1.29, 1.82) is 0 Å². The Hall–Kier alpha value is -1.12. The van der Waals surface area contributed by atoms with E-state index in [9.17, 15) is 4.79 Å². The van der Waals surface area contributed by atoms with Gasteiger partial charge < -0.3 is 4.57 Å². The Bertz CT molecular complexity index is 276. The molecule has 0 spiro atoms. The lowest BCUT2D eigenvalue weighted by atomic mass is 10.3. The molecule has 60 valence electrons. The fourth-order valence-electron chi connectivity index (χ4n) is 1.05. The number of aromatic nitrogens is 2. The van der Waals surface area contributed by atoms with Gasteiger partial charge in [-0.2, -0.15) is 0 Å². The number of aryl methyl sites for hydroxylation is 2. The zero-order chi connectivity index (χ0) is 8.43. The van der Waals surface area contributed by atoms with Gasteiger partial charge >= 0.3 is 0 Å². The Labute approximate surface area is 66.1 Å². The molecule has 0 atom stereocenters. The summed E-state index contributed by atoms with van der Waals surface area (Å²) >= 11 is 0. The Balaban J connectivity index is 2.85. The van der Waals surface area contributed by atoms with Crippen LogP contribution in [0.2, 0.25) is 0 Å². The van der Waals surface area contributed by atoms with Crippen LogP contribution >= 0.6 is 0 Å². The summed E-state index contributed by atoms with van der Waals surface area (Å²) < 4.78 is 1.89. The van der Waals surface area contributed by atoms with Gasteiger partial charge in [-0.1, -0.05) is 0 Å². The second-order valence-corrected chi connectivity index (χ2v) is 2.79. The molecule has 0 amide bonds. The molecule has 0 aliphatic rings. The summed E-state index contributed by atoms with van der Waals surface area (Å²) in [7, 11) is 1.90. The topological polar surface area (TPSA) is 34.9 Å². The molecule has 1 rings (SSSR count). The number of nitrogens with zero attached hydrogens (tertiary/aromatic N) is 2. The molecule has 0 bridgehead atoms. The van der Waals surface area contributed by atoms with Gasteiger partial charge in [0.05, 0.1) is 12.1 Å². The van der Waals surface area contributed by atoms with Gasteiger partial charge in [-0.3, -0.25) is 4.79 Å². The maximum Gasteiger partial charge on any atom is 0.137 e. The summed E-state index contributed by atoms with van der Waals surface area (Å²) in [4.78, 5) is 14.9. The molecular formula is C8H12N2O. The predicted octanol–water partition coefficient (Wildman–Crippen LogP) is 0.860. The highest BCUT2D eigenvalue weighted by molar-refractivity contribution is 5.77. The van der Waals surface area contributed by atoms with Gasteiger partial charge in [-0.05, 0) is 13.8 Å². The first-order chi connectivity index (χ1) is 5.09. The van der Waals surface area contributed by atoms with E-state index in [0.29, 0.717) is 6.42 Å². The van der Waals surface area contributed by atoms with Crippen molar-refractivity contribution in [3.05, 3.63) is 17.7 Å². The van der Waals surface area contributed by atoms with Crippen molar-refractivity contribution in [2.75, 3.05) is 0 Å². The molecule has 0 aliphatic carbocycles. The average molecular weight is 152 g/mol. The molecule has 1 aromatic rings. The summed E-state index contributed by atoms with van der Waals surface area (Å²) in [5, 5.41) is 0. The third-order valence-electron chi connectivity index (χ3n) is 1.50. The van der Waals surface area contributed by atoms with Gasteiger partial charge in [0.1, 0.15) is 11.6 Å². The van der Waals surface area contributed by atoms with Crippen molar-refractivity contribution in [3.8, 4) is 0 Å². The monoisotopic (exact) mass is 152 g/mol. The van der Waals surface area contributed by atoms with Crippen molar-refractivity contribution < 1.29 is 4.79 Å². The highest BCUT2D eigenvalue weighted by Gasteiger charge is 2.03. The number of hydrogen-bond acceptors (Lipinski definition) is 2. The van der Waals surface area contributed by atoms with Crippen LogP contribution in [0.1, 0.15) is 18.4 Å². The van der Waals surface area contributed by atoms with Crippen LogP contribution in [0.15, 0.2) is 6.20 Å². The molecule has 0 fully saturated rings. The fraction of sp³-hybridized carbons (Fsp3) is 0.500. The summed E-state index contributed by atoms with van der Waals surface area (Å²) in [6.45, 7) is 3.49. The van der Waals surface area contributed by atoms with Gasteiger partial charge in [0, 0.05) is 13.2 Å². The molecule has 0 aromatic carbocycles. The standard InChI is InChI=1S/C8H12N2O/c1-6-5-10(3)8(9-6)4-7(2)11/h5H,4H2,1-3H3. The lowest BCUT2D eigenvalue weighted by Gasteiger charge is -1.95. The Morgan fingerprint density at radius 3 is 2.73 bits per heavy atom. The predicted molar refractivity (Wildman–Crippen MR) is 42.3 cm³/mol. The summed E-state index contributed by atoms with van der Waals surface area (Å²) in [6, 6.07) is 0. The number of hydrogen-bond donors (Lipinski definition) is 0. The van der Waals surface area contributed by atoms with Gasteiger partial charge in [0.2, 0.25) is 0 Å². The molecule has 1 aromatic heterocycles. The molecule has 1 heterocycles. The second kappa shape index (κ2) is 2.86. The maximum atomic E-state index is 10.7. The van der Waals surface area contributed by atoms with Crippen LogP contribution in [0, 0.1) is 6.92 Å². The lowest BCUT2D eigenvalue weighted by molar-refractivity contribution is -0.116. The molecular weight excluding hydrogens is 140 g/mol. The summed E-state index contributed by atoms with van der Waals surface area (Å²) in [5.74, 6) is 0.994. The van der Waals surface area contributed by atoms with E-state index in [4.69, 9.17) is 0 Å². The van der Waals surface area contributed by atoms with Crippen LogP contribution in [0.4, 0.5) is 0 Å². The van der Waals surface area contributed by atoms with E-state index >= 15 is 0 Å². The molecule has 0 saturated carbocycles. The van der Waals surface area contributed by atoms with Crippen LogP contribution in [-0.4, -0.2) is 15.3 Å². The van der Waals surface area contributed by atoms with E-state index in [1.807, 2.05) is 24.7 Å². The van der Waals surface area contributed by atoms with Crippen molar-refractivity contribution >= 4 is 5.78 Å². The number of Topliss-reactive ketones (excluding diaryl/α,β-unsaturated/α-hetero) is 1. The number of carbonyl (C=O) groups excluding carboxylic acids is 1. The lowest BCUT2D eigenvalue weighted by Crippen LogP contribution is -2.03. The van der Waals surface area contributed by atoms with Gasteiger partial charge in [-0.15, -0.1) is 0 Å². The zero-order valence-corrected chi connectivity index (χ0v) is 7.09. The van der Waals surface area contributed by atoms with Crippen molar-refractivity contribution in [1.82, 2.24) is 9.55 Å². The van der Waals surface area contributed by atoms with E-state index in [2.05, 4.69) is 4.98 Å². The molecule has 11 heavy (non-hydrogen) atoms. The molecule has 3 nitrogen and oxygen atoms in total. The van der Waals surface area contributed by atoms with E-state index in [1.165, 1.54) is 0 Å². The Morgan fingerprint density at radius 2 is 2.36 bits per heavy atom. The zero-order valence-electron chi connectivity index (χ0n) is 7.09. The third-order valence-corrected chi connectivity index (χ3v) is 1.50.